The minimum Gasteiger partial charge on any atom is -0.508 e. The van der Waals surface area contributed by atoms with Crippen molar-refractivity contribution in [3.8, 4) is 5.75 Å². The Morgan fingerprint density at radius 1 is 1.12 bits per heavy atom. The van der Waals surface area contributed by atoms with E-state index < -0.39 is 24.1 Å². The van der Waals surface area contributed by atoms with Gasteiger partial charge in [0, 0.05) is 12.0 Å². The summed E-state index contributed by atoms with van der Waals surface area (Å²) in [5.74, 6) is -0.540. The molecule has 4 rings (SSSR count). The Labute approximate surface area is 140 Å². The van der Waals surface area contributed by atoms with E-state index in [0.29, 0.717) is 13.0 Å². The molecule has 2 N–H and O–H groups in total. The number of aliphatic hydroxyl groups is 1. The molecule has 2 aliphatic rings. The fourth-order valence-corrected chi connectivity index (χ4v) is 3.69. The van der Waals surface area contributed by atoms with Gasteiger partial charge < -0.3 is 24.4 Å². The van der Waals surface area contributed by atoms with E-state index in [4.69, 9.17) is 14.2 Å². The minimum absolute atomic E-state index is 0.183. The SMILES string of the molecule is CC1(C)OCC2OC(c3c(O)ccc4ccccc34)C[C@@H](O)[C@@H]2O1. The second kappa shape index (κ2) is 5.70. The molecule has 0 saturated carbocycles. The van der Waals surface area contributed by atoms with Crippen molar-refractivity contribution >= 4 is 10.8 Å². The highest BCUT2D eigenvalue weighted by Crippen LogP contribution is 2.42. The van der Waals surface area contributed by atoms with Gasteiger partial charge in [-0.15, -0.1) is 0 Å². The second-order valence-corrected chi connectivity index (χ2v) is 6.98. The molecule has 0 radical (unpaired) electrons. The maximum atomic E-state index is 10.6. The number of fused-ring (bicyclic) bond motifs is 2. The third kappa shape index (κ3) is 2.67. The van der Waals surface area contributed by atoms with Gasteiger partial charge in [-0.1, -0.05) is 30.3 Å². The molecule has 2 aromatic rings. The third-order valence-electron chi connectivity index (χ3n) is 4.83. The minimum atomic E-state index is -0.722. The van der Waals surface area contributed by atoms with Crippen molar-refractivity contribution in [1.82, 2.24) is 0 Å². The van der Waals surface area contributed by atoms with Crippen molar-refractivity contribution in [1.29, 1.82) is 0 Å². The molecule has 2 fully saturated rings. The molecule has 2 heterocycles. The van der Waals surface area contributed by atoms with Crippen LogP contribution in [0.5, 0.6) is 5.75 Å². The molecule has 24 heavy (non-hydrogen) atoms. The predicted octanol–water partition coefficient (Wildman–Crippen LogP) is 2.89. The van der Waals surface area contributed by atoms with Crippen LogP contribution in [0.4, 0.5) is 0 Å². The van der Waals surface area contributed by atoms with Crippen molar-refractivity contribution in [2.75, 3.05) is 6.61 Å². The molecule has 0 amide bonds. The zero-order valence-corrected chi connectivity index (χ0v) is 13.8. The Hall–Kier alpha value is -1.66. The van der Waals surface area contributed by atoms with Gasteiger partial charge in [-0.3, -0.25) is 0 Å². The number of phenols is 1. The standard InChI is InChI=1S/C19H22O5/c1-19(2)22-10-16-18(24-19)14(21)9-15(23-16)17-12-6-4-3-5-11(12)7-8-13(17)20/h3-8,14-16,18,20-21H,9-10H2,1-2H3/t14-,15?,16?,18+/m1/s1. The van der Waals surface area contributed by atoms with Crippen LogP contribution in [0.1, 0.15) is 31.9 Å². The number of benzene rings is 2. The average molecular weight is 330 g/mol. The fraction of sp³-hybridized carbons (Fsp3) is 0.474. The summed E-state index contributed by atoms with van der Waals surface area (Å²) in [4.78, 5) is 0. The first-order valence-corrected chi connectivity index (χ1v) is 8.30. The Bertz CT molecular complexity index is 757. The average Bonchev–Trinajstić information content (AvgIpc) is 2.55. The number of rotatable bonds is 1. The van der Waals surface area contributed by atoms with Crippen LogP contribution in [-0.4, -0.2) is 40.9 Å². The quantitative estimate of drug-likeness (QED) is 0.841. The van der Waals surface area contributed by atoms with Crippen molar-refractivity contribution in [2.24, 2.45) is 0 Å². The molecule has 0 bridgehead atoms. The monoisotopic (exact) mass is 330 g/mol. The highest BCUT2D eigenvalue weighted by Gasteiger charge is 2.46. The van der Waals surface area contributed by atoms with E-state index in [2.05, 4.69) is 0 Å². The summed E-state index contributed by atoms with van der Waals surface area (Å²) in [7, 11) is 0. The van der Waals surface area contributed by atoms with E-state index in [1.165, 1.54) is 0 Å². The van der Waals surface area contributed by atoms with Crippen LogP contribution < -0.4 is 0 Å². The van der Waals surface area contributed by atoms with Crippen molar-refractivity contribution < 1.29 is 24.4 Å². The lowest BCUT2D eigenvalue weighted by Crippen LogP contribution is -2.57. The first-order valence-electron chi connectivity index (χ1n) is 8.30. The van der Waals surface area contributed by atoms with Crippen LogP contribution in [0.15, 0.2) is 36.4 Å². The lowest BCUT2D eigenvalue weighted by Gasteiger charge is -2.47. The van der Waals surface area contributed by atoms with E-state index in [0.717, 1.165) is 16.3 Å². The molecule has 5 nitrogen and oxygen atoms in total. The van der Waals surface area contributed by atoms with Gasteiger partial charge in [0.15, 0.2) is 5.79 Å². The summed E-state index contributed by atoms with van der Waals surface area (Å²) in [6.45, 7) is 4.02. The highest BCUT2D eigenvalue weighted by atomic mass is 16.7. The number of aliphatic hydroxyl groups excluding tert-OH is 1. The summed E-state index contributed by atoms with van der Waals surface area (Å²) in [5.41, 5.74) is 0.718. The molecule has 128 valence electrons. The van der Waals surface area contributed by atoms with Gasteiger partial charge in [-0.25, -0.2) is 0 Å². The first kappa shape index (κ1) is 15.8. The van der Waals surface area contributed by atoms with Gasteiger partial charge in [0.25, 0.3) is 0 Å². The molecule has 2 saturated heterocycles. The van der Waals surface area contributed by atoms with Gasteiger partial charge in [0.2, 0.25) is 0 Å². The maximum Gasteiger partial charge on any atom is 0.163 e. The Balaban J connectivity index is 1.69. The normalized spacial score (nSPS) is 32.5. The topological polar surface area (TPSA) is 68.2 Å². The number of hydrogen-bond acceptors (Lipinski definition) is 5. The van der Waals surface area contributed by atoms with Crippen LogP contribution in [0.3, 0.4) is 0 Å². The van der Waals surface area contributed by atoms with Crippen LogP contribution in [-0.2, 0) is 14.2 Å². The fourth-order valence-electron chi connectivity index (χ4n) is 3.69. The molecule has 0 aromatic heterocycles. The highest BCUT2D eigenvalue weighted by molar-refractivity contribution is 5.88. The summed E-state index contributed by atoms with van der Waals surface area (Å²) in [6.07, 6.45) is -1.47. The van der Waals surface area contributed by atoms with Crippen LogP contribution in [0, 0.1) is 0 Å². The van der Waals surface area contributed by atoms with Crippen molar-refractivity contribution in [3.63, 3.8) is 0 Å². The largest absolute Gasteiger partial charge is 0.508 e. The number of aromatic hydroxyl groups is 1. The molecule has 0 aliphatic carbocycles. The lowest BCUT2D eigenvalue weighted by molar-refractivity contribution is -0.345. The number of hydrogen-bond donors (Lipinski definition) is 2. The first-order chi connectivity index (χ1) is 11.4. The molecule has 5 heteroatoms. The molecule has 2 unspecified atom stereocenters. The molecule has 0 spiro atoms. The van der Waals surface area contributed by atoms with Crippen LogP contribution in [0.2, 0.25) is 0 Å². The van der Waals surface area contributed by atoms with E-state index in [1.54, 1.807) is 6.07 Å². The molecular formula is C19H22O5. The van der Waals surface area contributed by atoms with E-state index >= 15 is 0 Å². The maximum absolute atomic E-state index is 10.6. The molecular weight excluding hydrogens is 308 g/mol. The van der Waals surface area contributed by atoms with Crippen LogP contribution >= 0.6 is 0 Å². The Kier molecular flexibility index (Phi) is 3.77. The summed E-state index contributed by atoms with van der Waals surface area (Å²) in [5, 5.41) is 23.0. The third-order valence-corrected chi connectivity index (χ3v) is 4.83. The van der Waals surface area contributed by atoms with E-state index in [9.17, 15) is 10.2 Å². The summed E-state index contributed by atoms with van der Waals surface area (Å²) >= 11 is 0. The number of ether oxygens (including phenoxy) is 3. The van der Waals surface area contributed by atoms with Crippen molar-refractivity contribution in [2.45, 2.75) is 50.5 Å². The Morgan fingerprint density at radius 3 is 2.75 bits per heavy atom. The number of phenolic OH excluding ortho intramolecular Hbond substituents is 1. The van der Waals surface area contributed by atoms with E-state index in [-0.39, 0.29) is 11.9 Å². The van der Waals surface area contributed by atoms with Gasteiger partial charge in [-0.05, 0) is 30.7 Å². The molecule has 2 aliphatic heterocycles. The molecule has 2 aromatic carbocycles. The summed E-state index contributed by atoms with van der Waals surface area (Å²) in [6, 6.07) is 11.4. The summed E-state index contributed by atoms with van der Waals surface area (Å²) < 4.78 is 17.7. The smallest absolute Gasteiger partial charge is 0.163 e. The molecule has 4 atom stereocenters. The van der Waals surface area contributed by atoms with Gasteiger partial charge >= 0.3 is 0 Å². The van der Waals surface area contributed by atoms with Crippen molar-refractivity contribution in [3.05, 3.63) is 42.0 Å². The second-order valence-electron chi connectivity index (χ2n) is 6.98. The lowest BCUT2D eigenvalue weighted by atomic mass is 9.90. The zero-order chi connectivity index (χ0) is 16.9. The van der Waals surface area contributed by atoms with Gasteiger partial charge in [-0.2, -0.15) is 0 Å². The van der Waals surface area contributed by atoms with Gasteiger partial charge in [0.05, 0.1) is 18.8 Å². The van der Waals surface area contributed by atoms with Crippen LogP contribution in [0.25, 0.3) is 10.8 Å². The predicted molar refractivity (Wildman–Crippen MR) is 88.8 cm³/mol. The van der Waals surface area contributed by atoms with E-state index in [1.807, 2.05) is 44.2 Å². The Morgan fingerprint density at radius 2 is 1.92 bits per heavy atom. The zero-order valence-electron chi connectivity index (χ0n) is 13.8. The van der Waals surface area contributed by atoms with Gasteiger partial charge in [0.1, 0.15) is 18.0 Å².